The highest BCUT2D eigenvalue weighted by molar-refractivity contribution is 7.86. The van der Waals surface area contributed by atoms with Crippen LogP contribution in [0.4, 0.5) is 5.69 Å². The second-order valence-corrected chi connectivity index (χ2v) is 13.9. The van der Waals surface area contributed by atoms with Gasteiger partial charge in [0, 0.05) is 30.8 Å². The molecule has 0 radical (unpaired) electrons. The van der Waals surface area contributed by atoms with E-state index in [4.69, 9.17) is 20.8 Å². The number of aromatic nitrogens is 1. The number of ether oxygens (including phenoxy) is 1. The molecule has 1 aliphatic rings. The van der Waals surface area contributed by atoms with Crippen molar-refractivity contribution < 1.29 is 39.4 Å². The third kappa shape index (κ3) is 8.12. The number of benzene rings is 3. The minimum atomic E-state index is -4.50. The predicted octanol–water partition coefficient (Wildman–Crippen LogP) is 4.99. The zero-order chi connectivity index (χ0) is 32.2. The monoisotopic (exact) mass is 673 g/mol. The molecule has 0 saturated carbocycles. The molecule has 4 aromatic rings. The molecule has 0 saturated heterocycles. The van der Waals surface area contributed by atoms with Gasteiger partial charge in [-0.05, 0) is 53.8 Å². The molecule has 11 nitrogen and oxygen atoms in total. The summed E-state index contributed by atoms with van der Waals surface area (Å²) in [7, 11) is -6.90. The van der Waals surface area contributed by atoms with Gasteiger partial charge >= 0.3 is 5.89 Å². The van der Waals surface area contributed by atoms with Gasteiger partial charge in [-0.15, -0.1) is 0 Å². The lowest BCUT2D eigenvalue weighted by atomic mass is 10.1. The molecule has 0 amide bonds. The molecule has 0 unspecified atom stereocenters. The summed E-state index contributed by atoms with van der Waals surface area (Å²) in [5.74, 6) is 0.523. The van der Waals surface area contributed by atoms with E-state index in [9.17, 15) is 21.4 Å². The van der Waals surface area contributed by atoms with Crippen LogP contribution in [0.1, 0.15) is 25.7 Å². The van der Waals surface area contributed by atoms with Crippen LogP contribution in [0.5, 0.6) is 5.75 Å². The molecular weight excluding hydrogens is 642 g/mol. The lowest BCUT2D eigenvalue weighted by molar-refractivity contribution is -0.673. The number of aryl methyl sites for hydroxylation is 1. The standard InChI is InChI=1S/C31H32ClN3O8S2/c1-3-22(18-30-34(14-7-16-45(39,40)43-33-2)27-21-25(32)11-13-29(27)42-30)19-31-35(15-17-44(36,37)38)26-20-24(10-12-28(26)41-31)23-8-5-4-6-9-23/h4-6,8-13,18-21,33H,3,7,14-17H2,1-2H3. The maximum absolute atomic E-state index is 12.1. The summed E-state index contributed by atoms with van der Waals surface area (Å²) in [6.45, 7) is 2.12. The van der Waals surface area contributed by atoms with Crippen LogP contribution in [0.15, 0.2) is 88.7 Å². The van der Waals surface area contributed by atoms with Gasteiger partial charge in [-0.2, -0.15) is 22.7 Å². The molecule has 45 heavy (non-hydrogen) atoms. The molecule has 0 bridgehead atoms. The SMILES string of the molecule is CCC(=C/c1oc2ccc(-c3ccccc3)cc2[n+]1CCS(=O)(=O)[O-])/C=C1/Oc2ccc(Cl)cc2N1CCCS(=O)(=O)ONC. The molecule has 0 atom stereocenters. The number of halogens is 1. The number of anilines is 1. The van der Waals surface area contributed by atoms with Crippen LogP contribution in [0.3, 0.4) is 0 Å². The average molecular weight is 674 g/mol. The molecule has 238 valence electrons. The Kier molecular flexibility index (Phi) is 9.97. The smallest absolute Gasteiger partial charge is 0.374 e. The van der Waals surface area contributed by atoms with E-state index >= 15 is 0 Å². The Hall–Kier alpha value is -3.72. The quantitative estimate of drug-likeness (QED) is 0.117. The van der Waals surface area contributed by atoms with E-state index in [1.165, 1.54) is 7.05 Å². The lowest BCUT2D eigenvalue weighted by Gasteiger charge is -2.18. The van der Waals surface area contributed by atoms with Crippen LogP contribution in [0, 0.1) is 0 Å². The number of nitrogens with one attached hydrogen (secondary N) is 1. The summed E-state index contributed by atoms with van der Waals surface area (Å²) in [5.41, 5.74) is 6.69. The summed E-state index contributed by atoms with van der Waals surface area (Å²) in [5, 5.41) is 0.493. The maximum Gasteiger partial charge on any atom is 0.374 e. The molecule has 1 N–H and O–H groups in total. The lowest BCUT2D eigenvalue weighted by Crippen LogP contribution is -2.38. The van der Waals surface area contributed by atoms with Crippen molar-refractivity contribution in [3.8, 4) is 16.9 Å². The topological polar surface area (TPSA) is 142 Å². The van der Waals surface area contributed by atoms with Crippen LogP contribution in [0.25, 0.3) is 28.3 Å². The largest absolute Gasteiger partial charge is 0.748 e. The molecule has 1 aromatic heterocycles. The Balaban J connectivity index is 1.53. The second-order valence-electron chi connectivity index (χ2n) is 10.2. The number of allylic oxidation sites excluding steroid dienone is 2. The Morgan fingerprint density at radius 2 is 1.82 bits per heavy atom. The predicted molar refractivity (Wildman–Crippen MR) is 171 cm³/mol. The van der Waals surface area contributed by atoms with Gasteiger partial charge in [-0.25, -0.2) is 8.42 Å². The van der Waals surface area contributed by atoms with Crippen molar-refractivity contribution in [1.29, 1.82) is 0 Å². The average Bonchev–Trinajstić information content (AvgIpc) is 3.51. The first-order valence-corrected chi connectivity index (χ1v) is 17.7. The van der Waals surface area contributed by atoms with E-state index in [0.29, 0.717) is 45.8 Å². The number of oxazole rings is 1. The van der Waals surface area contributed by atoms with E-state index in [2.05, 4.69) is 9.76 Å². The maximum atomic E-state index is 12.1. The summed E-state index contributed by atoms with van der Waals surface area (Å²) >= 11 is 6.28. The molecular formula is C31H32ClN3O8S2. The van der Waals surface area contributed by atoms with Crippen LogP contribution in [-0.2, 0) is 31.1 Å². The molecule has 3 aromatic carbocycles. The zero-order valence-corrected chi connectivity index (χ0v) is 27.0. The highest BCUT2D eigenvalue weighted by Crippen LogP contribution is 2.41. The molecule has 0 spiro atoms. The van der Waals surface area contributed by atoms with Gasteiger partial charge in [-0.3, -0.25) is 0 Å². The van der Waals surface area contributed by atoms with Gasteiger partial charge in [0.2, 0.25) is 11.5 Å². The first kappa shape index (κ1) is 32.7. The summed E-state index contributed by atoms with van der Waals surface area (Å²) < 4.78 is 77.7. The first-order chi connectivity index (χ1) is 21.5. The summed E-state index contributed by atoms with van der Waals surface area (Å²) in [6.07, 6.45) is 4.35. The number of rotatable bonds is 13. The van der Waals surface area contributed by atoms with E-state index in [0.717, 1.165) is 16.7 Å². The van der Waals surface area contributed by atoms with Crippen molar-refractivity contribution in [1.82, 2.24) is 5.48 Å². The normalized spacial score (nSPS) is 14.7. The summed E-state index contributed by atoms with van der Waals surface area (Å²) in [4.78, 5) is 1.84. The Bertz CT molecular complexity index is 1970. The van der Waals surface area contributed by atoms with Gasteiger partial charge < -0.3 is 18.6 Å². The number of hydrogen-bond acceptors (Lipinski definition) is 10. The van der Waals surface area contributed by atoms with Gasteiger partial charge in [-0.1, -0.05) is 54.9 Å². The number of hydroxylamine groups is 1. The van der Waals surface area contributed by atoms with E-state index in [1.54, 1.807) is 28.8 Å². The van der Waals surface area contributed by atoms with Gasteiger partial charge in [0.25, 0.3) is 15.6 Å². The van der Waals surface area contributed by atoms with Crippen molar-refractivity contribution in [2.45, 2.75) is 26.3 Å². The van der Waals surface area contributed by atoms with Crippen molar-refractivity contribution in [2.75, 3.05) is 30.0 Å². The highest BCUT2D eigenvalue weighted by Gasteiger charge is 2.28. The van der Waals surface area contributed by atoms with E-state index in [-0.39, 0.29) is 25.3 Å². The Morgan fingerprint density at radius 1 is 1.04 bits per heavy atom. The van der Waals surface area contributed by atoms with Crippen LogP contribution >= 0.6 is 11.6 Å². The fourth-order valence-electron chi connectivity index (χ4n) is 5.00. The van der Waals surface area contributed by atoms with Crippen molar-refractivity contribution in [2.24, 2.45) is 0 Å². The highest BCUT2D eigenvalue weighted by atomic mass is 35.5. The molecule has 0 aliphatic carbocycles. The molecule has 0 fully saturated rings. The van der Waals surface area contributed by atoms with Crippen molar-refractivity contribution in [3.05, 3.63) is 95.2 Å². The Morgan fingerprint density at radius 3 is 2.53 bits per heavy atom. The second kappa shape index (κ2) is 13.7. The van der Waals surface area contributed by atoms with Gasteiger partial charge in [0.15, 0.2) is 12.3 Å². The van der Waals surface area contributed by atoms with Crippen molar-refractivity contribution >= 4 is 54.7 Å². The number of nitrogens with zero attached hydrogens (tertiary/aromatic N) is 2. The van der Waals surface area contributed by atoms with Crippen LogP contribution < -0.4 is 19.7 Å². The first-order valence-electron chi connectivity index (χ1n) is 14.2. The van der Waals surface area contributed by atoms with E-state index < -0.39 is 26.0 Å². The number of hydrogen-bond donors (Lipinski definition) is 1. The van der Waals surface area contributed by atoms with Crippen LogP contribution in [-0.4, -0.2) is 46.5 Å². The van der Waals surface area contributed by atoms with E-state index in [1.807, 2.05) is 66.4 Å². The molecule has 2 heterocycles. The van der Waals surface area contributed by atoms with Gasteiger partial charge in [0.05, 0.1) is 23.3 Å². The fraction of sp³-hybridized carbons (Fsp3) is 0.258. The van der Waals surface area contributed by atoms with Crippen LogP contribution in [0.2, 0.25) is 5.02 Å². The fourth-order valence-corrected chi connectivity index (χ4v) is 6.39. The van der Waals surface area contributed by atoms with Gasteiger partial charge in [0.1, 0.15) is 10.1 Å². The minimum Gasteiger partial charge on any atom is -0.748 e. The molecule has 5 rings (SSSR count). The third-order valence-corrected chi connectivity index (χ3v) is 9.23. The summed E-state index contributed by atoms with van der Waals surface area (Å²) in [6, 6.07) is 20.5. The Labute approximate surface area is 267 Å². The molecule has 14 heteroatoms. The molecule has 1 aliphatic heterocycles. The third-order valence-electron chi connectivity index (χ3n) is 7.11. The minimum absolute atomic E-state index is 0.105. The zero-order valence-electron chi connectivity index (χ0n) is 24.6. The number of fused-ring (bicyclic) bond motifs is 2. The van der Waals surface area contributed by atoms with Crippen molar-refractivity contribution in [3.63, 3.8) is 0 Å².